The number of nitrogens with one attached hydrogen (secondary N) is 1. The Labute approximate surface area is 102 Å². The molecule has 5 heteroatoms. The van der Waals surface area contributed by atoms with Crippen LogP contribution in [0.15, 0.2) is 47.2 Å². The number of H-pyrrole nitrogens is 1. The van der Waals surface area contributed by atoms with Crippen LogP contribution in [0.5, 0.6) is 11.5 Å². The monoisotopic (exact) mass is 242 g/mol. The molecule has 0 aliphatic carbocycles. The van der Waals surface area contributed by atoms with Crippen LogP contribution in [0.2, 0.25) is 0 Å². The minimum atomic E-state index is 0.0713. The summed E-state index contributed by atoms with van der Waals surface area (Å²) < 4.78 is 5.29. The predicted octanol–water partition coefficient (Wildman–Crippen LogP) is 2.75. The lowest BCUT2D eigenvalue weighted by Gasteiger charge is -2.04. The molecule has 0 spiro atoms. The highest BCUT2D eigenvalue weighted by atomic mass is 16.3. The number of rotatable bonds is 2. The number of phenolic OH excluding ortho intramolecular Hbond substituents is 2. The van der Waals surface area contributed by atoms with Gasteiger partial charge in [-0.3, -0.25) is 5.10 Å². The van der Waals surface area contributed by atoms with Gasteiger partial charge in [-0.15, -0.1) is 0 Å². The molecule has 3 N–H and O–H groups in total. The van der Waals surface area contributed by atoms with Gasteiger partial charge in [0.05, 0.1) is 12.5 Å². The van der Waals surface area contributed by atoms with Crippen molar-refractivity contribution in [3.8, 4) is 34.1 Å². The van der Waals surface area contributed by atoms with Crippen LogP contribution in [0.25, 0.3) is 22.6 Å². The standard InChI is InChI=1S/C13H10N2O3/c16-8-3-4-11(17)9(6-8)10-7-14-15-13(10)12-2-1-5-18-12/h1-7,16-17H,(H,14,15). The van der Waals surface area contributed by atoms with Crippen molar-refractivity contribution >= 4 is 0 Å². The second kappa shape index (κ2) is 3.96. The molecule has 0 saturated heterocycles. The molecule has 2 aromatic heterocycles. The van der Waals surface area contributed by atoms with Gasteiger partial charge in [0.1, 0.15) is 17.2 Å². The Kier molecular flexibility index (Phi) is 2.30. The zero-order valence-corrected chi connectivity index (χ0v) is 9.29. The number of aromatic amines is 1. The van der Waals surface area contributed by atoms with E-state index in [0.29, 0.717) is 22.6 Å². The first-order valence-electron chi connectivity index (χ1n) is 5.35. The molecular formula is C13H10N2O3. The van der Waals surface area contributed by atoms with Gasteiger partial charge in [-0.25, -0.2) is 0 Å². The minimum absolute atomic E-state index is 0.0713. The predicted molar refractivity (Wildman–Crippen MR) is 65.1 cm³/mol. The van der Waals surface area contributed by atoms with Gasteiger partial charge in [0.25, 0.3) is 0 Å². The highest BCUT2D eigenvalue weighted by Crippen LogP contribution is 2.37. The molecule has 3 rings (SSSR count). The number of hydrogen-bond donors (Lipinski definition) is 3. The number of nitrogens with zero attached hydrogens (tertiary/aromatic N) is 1. The van der Waals surface area contributed by atoms with Crippen LogP contribution < -0.4 is 0 Å². The Morgan fingerprint density at radius 1 is 1.11 bits per heavy atom. The maximum Gasteiger partial charge on any atom is 0.152 e. The lowest BCUT2D eigenvalue weighted by molar-refractivity contribution is 0.462. The molecule has 0 amide bonds. The van der Waals surface area contributed by atoms with Crippen LogP contribution in [0.1, 0.15) is 0 Å². The van der Waals surface area contributed by atoms with Gasteiger partial charge in [-0.2, -0.15) is 5.10 Å². The number of phenols is 2. The first-order chi connectivity index (χ1) is 8.75. The lowest BCUT2D eigenvalue weighted by atomic mass is 10.0. The fourth-order valence-corrected chi connectivity index (χ4v) is 1.84. The molecule has 1 aromatic carbocycles. The van der Waals surface area contributed by atoms with Crippen molar-refractivity contribution in [1.29, 1.82) is 0 Å². The molecule has 0 aliphatic rings. The summed E-state index contributed by atoms with van der Waals surface area (Å²) in [5.41, 5.74) is 1.81. The average Bonchev–Trinajstić information content (AvgIpc) is 3.00. The molecular weight excluding hydrogens is 232 g/mol. The third-order valence-corrected chi connectivity index (χ3v) is 2.68. The summed E-state index contributed by atoms with van der Waals surface area (Å²) in [6, 6.07) is 7.89. The normalized spacial score (nSPS) is 10.7. The first-order valence-corrected chi connectivity index (χ1v) is 5.35. The van der Waals surface area contributed by atoms with Gasteiger partial charge in [0.2, 0.25) is 0 Å². The summed E-state index contributed by atoms with van der Waals surface area (Å²) in [5.74, 6) is 0.765. The van der Waals surface area contributed by atoms with Crippen LogP contribution in [0.3, 0.4) is 0 Å². The Morgan fingerprint density at radius 3 is 2.78 bits per heavy atom. The minimum Gasteiger partial charge on any atom is -0.508 e. The topological polar surface area (TPSA) is 82.3 Å². The first kappa shape index (κ1) is 10.5. The van der Waals surface area contributed by atoms with Crippen molar-refractivity contribution in [2.24, 2.45) is 0 Å². The van der Waals surface area contributed by atoms with Gasteiger partial charge in [-0.1, -0.05) is 0 Å². The fraction of sp³-hybridized carbons (Fsp3) is 0. The highest BCUT2D eigenvalue weighted by Gasteiger charge is 2.15. The summed E-state index contributed by atoms with van der Waals surface area (Å²) in [7, 11) is 0. The van der Waals surface area contributed by atoms with Crippen LogP contribution in [0.4, 0.5) is 0 Å². The quantitative estimate of drug-likeness (QED) is 0.603. The summed E-state index contributed by atoms with van der Waals surface area (Å²) >= 11 is 0. The molecule has 0 aliphatic heterocycles. The van der Waals surface area contributed by atoms with E-state index < -0.39 is 0 Å². The molecule has 0 atom stereocenters. The number of furan rings is 1. The molecule has 0 bridgehead atoms. The van der Waals surface area contributed by atoms with Gasteiger partial charge in [-0.05, 0) is 30.3 Å². The van der Waals surface area contributed by atoms with Crippen molar-refractivity contribution in [3.05, 3.63) is 42.8 Å². The van der Waals surface area contributed by atoms with E-state index in [4.69, 9.17) is 4.42 Å². The van der Waals surface area contributed by atoms with E-state index in [-0.39, 0.29) is 11.5 Å². The Hall–Kier alpha value is -2.69. The maximum atomic E-state index is 9.85. The molecule has 5 nitrogen and oxygen atoms in total. The van der Waals surface area contributed by atoms with Gasteiger partial charge in [0, 0.05) is 11.1 Å². The Bertz CT molecular complexity index is 671. The van der Waals surface area contributed by atoms with E-state index in [1.165, 1.54) is 18.2 Å². The van der Waals surface area contributed by atoms with Crippen LogP contribution in [-0.4, -0.2) is 20.4 Å². The number of aromatic hydroxyl groups is 2. The fourth-order valence-electron chi connectivity index (χ4n) is 1.84. The number of aromatic nitrogens is 2. The number of benzene rings is 1. The third kappa shape index (κ3) is 1.62. The van der Waals surface area contributed by atoms with Crippen LogP contribution in [-0.2, 0) is 0 Å². The third-order valence-electron chi connectivity index (χ3n) is 2.68. The summed E-state index contributed by atoms with van der Waals surface area (Å²) in [5, 5.41) is 26.1. The van der Waals surface area contributed by atoms with E-state index in [1.54, 1.807) is 24.6 Å². The second-order valence-electron chi connectivity index (χ2n) is 3.84. The van der Waals surface area contributed by atoms with Crippen molar-refractivity contribution in [2.75, 3.05) is 0 Å². The highest BCUT2D eigenvalue weighted by molar-refractivity contribution is 5.82. The van der Waals surface area contributed by atoms with Gasteiger partial charge in [0.15, 0.2) is 5.76 Å². The molecule has 0 fully saturated rings. The van der Waals surface area contributed by atoms with E-state index in [1.807, 2.05) is 0 Å². The van der Waals surface area contributed by atoms with Crippen molar-refractivity contribution in [3.63, 3.8) is 0 Å². The SMILES string of the molecule is Oc1ccc(O)c(-c2cn[nH]c2-c2ccco2)c1. The average molecular weight is 242 g/mol. The smallest absolute Gasteiger partial charge is 0.152 e. The van der Waals surface area contributed by atoms with E-state index in [2.05, 4.69) is 10.2 Å². The molecule has 0 unspecified atom stereocenters. The summed E-state index contributed by atoms with van der Waals surface area (Å²) in [6.07, 6.45) is 3.13. The van der Waals surface area contributed by atoms with E-state index in [9.17, 15) is 10.2 Å². The summed E-state index contributed by atoms with van der Waals surface area (Å²) in [4.78, 5) is 0. The van der Waals surface area contributed by atoms with Crippen LogP contribution >= 0.6 is 0 Å². The van der Waals surface area contributed by atoms with Crippen molar-refractivity contribution in [2.45, 2.75) is 0 Å². The molecule has 0 radical (unpaired) electrons. The second-order valence-corrected chi connectivity index (χ2v) is 3.84. The molecule has 90 valence electrons. The van der Waals surface area contributed by atoms with E-state index >= 15 is 0 Å². The van der Waals surface area contributed by atoms with Gasteiger partial charge >= 0.3 is 0 Å². The van der Waals surface area contributed by atoms with Crippen molar-refractivity contribution in [1.82, 2.24) is 10.2 Å². The van der Waals surface area contributed by atoms with E-state index in [0.717, 1.165) is 0 Å². The number of hydrogen-bond acceptors (Lipinski definition) is 4. The molecule has 18 heavy (non-hydrogen) atoms. The molecule has 2 heterocycles. The van der Waals surface area contributed by atoms with Gasteiger partial charge < -0.3 is 14.6 Å². The zero-order valence-electron chi connectivity index (χ0n) is 9.29. The Morgan fingerprint density at radius 2 is 2.00 bits per heavy atom. The summed E-state index contributed by atoms with van der Waals surface area (Å²) in [6.45, 7) is 0. The lowest BCUT2D eigenvalue weighted by Crippen LogP contribution is -1.81. The zero-order chi connectivity index (χ0) is 12.5. The van der Waals surface area contributed by atoms with Crippen LogP contribution in [0, 0.1) is 0 Å². The maximum absolute atomic E-state index is 9.85. The molecule has 0 saturated carbocycles. The van der Waals surface area contributed by atoms with Crippen molar-refractivity contribution < 1.29 is 14.6 Å². The Balaban J connectivity index is 2.19. The molecule has 3 aromatic rings. The largest absolute Gasteiger partial charge is 0.508 e.